The third-order valence-corrected chi connectivity index (χ3v) is 8.14. The molecule has 1 unspecified atom stereocenters. The molecule has 0 aliphatic heterocycles. The van der Waals surface area contributed by atoms with Gasteiger partial charge in [0, 0.05) is 33.5 Å². The zero-order valence-corrected chi connectivity index (χ0v) is 22.5. The molecule has 3 aromatic rings. The normalized spacial score (nSPS) is 13.0. The van der Waals surface area contributed by atoms with E-state index in [9.17, 15) is 13.2 Å². The summed E-state index contributed by atoms with van der Waals surface area (Å²) >= 11 is 0. The summed E-state index contributed by atoms with van der Waals surface area (Å²) in [5.74, 6) is 1.02. The van der Waals surface area contributed by atoms with Gasteiger partial charge in [-0.25, -0.2) is 17.7 Å². The first-order valence-electron chi connectivity index (χ1n) is 12.4. The summed E-state index contributed by atoms with van der Waals surface area (Å²) < 4.78 is 28.3. The lowest BCUT2D eigenvalue weighted by Crippen LogP contribution is -2.32. The van der Waals surface area contributed by atoms with Crippen LogP contribution >= 0.6 is 0 Å². The molecule has 0 radical (unpaired) electrons. The van der Waals surface area contributed by atoms with Crippen LogP contribution in [0.4, 0.5) is 0 Å². The predicted octanol–water partition coefficient (Wildman–Crippen LogP) is 4.71. The Balaban J connectivity index is 1.75. The van der Waals surface area contributed by atoms with Gasteiger partial charge in [-0.05, 0) is 48.6 Å². The first-order valence-corrected chi connectivity index (χ1v) is 13.8. The van der Waals surface area contributed by atoms with Crippen molar-refractivity contribution in [2.24, 2.45) is 5.92 Å². The first-order chi connectivity index (χ1) is 16.6. The fourth-order valence-electron chi connectivity index (χ4n) is 4.36. The molecule has 1 heterocycles. The van der Waals surface area contributed by atoms with Gasteiger partial charge in [0.15, 0.2) is 0 Å². The molecule has 0 aliphatic carbocycles. The highest BCUT2D eigenvalue weighted by Crippen LogP contribution is 2.24. The summed E-state index contributed by atoms with van der Waals surface area (Å²) in [6, 6.07) is 13.5. The Morgan fingerprint density at radius 3 is 2.31 bits per heavy atom. The van der Waals surface area contributed by atoms with Crippen LogP contribution in [0.2, 0.25) is 0 Å². The van der Waals surface area contributed by atoms with E-state index in [2.05, 4.69) is 55.3 Å². The largest absolute Gasteiger partial charge is 0.349 e. The lowest BCUT2D eigenvalue weighted by atomic mass is 9.94. The van der Waals surface area contributed by atoms with Crippen LogP contribution in [0.15, 0.2) is 47.4 Å². The minimum Gasteiger partial charge on any atom is -0.349 e. The van der Waals surface area contributed by atoms with Crippen molar-refractivity contribution < 1.29 is 13.2 Å². The van der Waals surface area contributed by atoms with Gasteiger partial charge in [-0.2, -0.15) is 0 Å². The molecule has 2 aromatic carbocycles. The van der Waals surface area contributed by atoms with Gasteiger partial charge in [0.2, 0.25) is 15.9 Å². The van der Waals surface area contributed by atoms with Gasteiger partial charge < -0.3 is 9.88 Å². The van der Waals surface area contributed by atoms with E-state index in [1.807, 2.05) is 11.5 Å². The van der Waals surface area contributed by atoms with Gasteiger partial charge in [-0.1, -0.05) is 51.5 Å². The topological polar surface area (TPSA) is 84.3 Å². The van der Waals surface area contributed by atoms with Crippen molar-refractivity contribution in [3.8, 4) is 0 Å². The average molecular weight is 499 g/mol. The number of hydrogen-bond donors (Lipinski definition) is 1. The maximum absolute atomic E-state index is 12.9. The summed E-state index contributed by atoms with van der Waals surface area (Å²) in [5, 5.41) is 3.21. The molecule has 0 bridgehead atoms. The predicted molar refractivity (Wildman–Crippen MR) is 141 cm³/mol. The lowest BCUT2D eigenvalue weighted by molar-refractivity contribution is -0.122. The van der Waals surface area contributed by atoms with Gasteiger partial charge in [0.1, 0.15) is 5.82 Å². The molecule has 0 aliphatic rings. The Hall–Kier alpha value is -2.71. The van der Waals surface area contributed by atoms with Crippen LogP contribution in [0, 0.1) is 5.92 Å². The van der Waals surface area contributed by atoms with Crippen LogP contribution in [-0.4, -0.2) is 42.3 Å². The molecule has 0 fully saturated rings. The number of carbonyl (C=O) groups excluding carboxylic acids is 1. The lowest BCUT2D eigenvalue weighted by Gasteiger charge is -2.23. The third-order valence-electron chi connectivity index (χ3n) is 6.33. The van der Waals surface area contributed by atoms with Crippen LogP contribution < -0.4 is 5.32 Å². The number of fused-ring (bicyclic) bond motifs is 1. The molecule has 0 saturated carbocycles. The van der Waals surface area contributed by atoms with Crippen molar-refractivity contribution in [3.63, 3.8) is 0 Å². The van der Waals surface area contributed by atoms with Crippen molar-refractivity contribution in [1.82, 2.24) is 19.2 Å². The van der Waals surface area contributed by atoms with E-state index in [-0.39, 0.29) is 22.8 Å². The number of hydrogen-bond acceptors (Lipinski definition) is 4. The second-order valence-electron chi connectivity index (χ2n) is 9.49. The van der Waals surface area contributed by atoms with E-state index in [4.69, 9.17) is 0 Å². The molecule has 1 atom stereocenters. The molecule has 8 heteroatoms. The highest BCUT2D eigenvalue weighted by atomic mass is 32.2. The number of aromatic nitrogens is 2. The van der Waals surface area contributed by atoms with Crippen molar-refractivity contribution in [2.75, 3.05) is 14.1 Å². The van der Waals surface area contributed by atoms with Crippen molar-refractivity contribution in [2.45, 2.75) is 70.9 Å². The summed E-state index contributed by atoms with van der Waals surface area (Å²) in [4.78, 5) is 17.8. The third kappa shape index (κ3) is 6.11. The second kappa shape index (κ2) is 11.4. The summed E-state index contributed by atoms with van der Waals surface area (Å²) in [5.41, 5.74) is 3.92. The number of amides is 1. The molecule has 1 amide bonds. The molecular weight excluding hydrogens is 460 g/mol. The summed E-state index contributed by atoms with van der Waals surface area (Å²) in [6.45, 7) is 9.10. The molecule has 1 N–H and O–H groups in total. The number of carbonyl (C=O) groups is 1. The van der Waals surface area contributed by atoms with Gasteiger partial charge in [-0.15, -0.1) is 0 Å². The molecule has 35 heavy (non-hydrogen) atoms. The van der Waals surface area contributed by atoms with E-state index in [0.717, 1.165) is 29.7 Å². The minimum absolute atomic E-state index is 0.0214. The molecular formula is C27H38N4O3S. The number of imidazole rings is 1. The Kier molecular flexibility index (Phi) is 8.72. The van der Waals surface area contributed by atoms with Crippen LogP contribution in [0.25, 0.3) is 11.0 Å². The molecule has 1 aromatic heterocycles. The molecule has 0 saturated heterocycles. The van der Waals surface area contributed by atoms with Gasteiger partial charge in [-0.3, -0.25) is 4.79 Å². The van der Waals surface area contributed by atoms with Crippen LogP contribution in [0.3, 0.4) is 0 Å². The Morgan fingerprint density at radius 1 is 1.06 bits per heavy atom. The maximum atomic E-state index is 12.9. The number of benzene rings is 2. The summed E-state index contributed by atoms with van der Waals surface area (Å²) in [6.07, 6.45) is 2.95. The van der Waals surface area contributed by atoms with Crippen molar-refractivity contribution >= 4 is 27.0 Å². The Labute approximate surface area is 209 Å². The highest BCUT2D eigenvalue weighted by molar-refractivity contribution is 7.89. The maximum Gasteiger partial charge on any atom is 0.242 e. The van der Waals surface area contributed by atoms with E-state index in [1.54, 1.807) is 18.2 Å². The number of rotatable bonds is 11. The van der Waals surface area contributed by atoms with Crippen LogP contribution in [0.5, 0.6) is 0 Å². The molecule has 7 nitrogen and oxygen atoms in total. The fourth-order valence-corrected chi connectivity index (χ4v) is 5.28. The zero-order valence-electron chi connectivity index (χ0n) is 21.7. The molecule has 190 valence electrons. The fraction of sp³-hybridized carbons (Fsp3) is 0.481. The molecule has 3 rings (SSSR count). The first kappa shape index (κ1) is 26.9. The van der Waals surface area contributed by atoms with E-state index in [0.29, 0.717) is 24.9 Å². The van der Waals surface area contributed by atoms with Gasteiger partial charge >= 0.3 is 0 Å². The van der Waals surface area contributed by atoms with E-state index < -0.39 is 10.0 Å². The van der Waals surface area contributed by atoms with Crippen LogP contribution in [0.1, 0.15) is 63.5 Å². The van der Waals surface area contributed by atoms with Gasteiger partial charge in [0.25, 0.3) is 0 Å². The van der Waals surface area contributed by atoms with Crippen molar-refractivity contribution in [1.29, 1.82) is 0 Å². The number of sulfonamides is 1. The Bertz CT molecular complexity index is 1260. The Morgan fingerprint density at radius 2 is 1.74 bits per heavy atom. The molecule has 0 spiro atoms. The standard InChI is InChI=1S/C27H38N4O3S/c1-7-9-20-10-12-21(13-11-20)27(19(3)4)29-26(32)17-16-25-28-23-18-22(35(33,34)30(5)6)14-15-24(23)31(25)8-2/h10-15,18-19,27H,7-9,16-17H2,1-6H3,(H,29,32). The van der Waals surface area contributed by atoms with E-state index in [1.165, 1.54) is 24.0 Å². The van der Waals surface area contributed by atoms with Crippen molar-refractivity contribution in [3.05, 3.63) is 59.4 Å². The average Bonchev–Trinajstić information content (AvgIpc) is 3.18. The monoisotopic (exact) mass is 498 g/mol. The number of nitrogens with zero attached hydrogens (tertiary/aromatic N) is 3. The summed E-state index contributed by atoms with van der Waals surface area (Å²) in [7, 11) is -0.514. The number of nitrogens with one attached hydrogen (secondary N) is 1. The quantitative estimate of drug-likeness (QED) is 0.415. The van der Waals surface area contributed by atoms with E-state index >= 15 is 0 Å². The minimum atomic E-state index is -3.54. The SMILES string of the molecule is CCCc1ccc(C(NC(=O)CCc2nc3cc(S(=O)(=O)N(C)C)ccc3n2CC)C(C)C)cc1. The zero-order chi connectivity index (χ0) is 25.8. The number of aryl methyl sites for hydroxylation is 3. The smallest absolute Gasteiger partial charge is 0.242 e. The second-order valence-corrected chi connectivity index (χ2v) is 11.6. The van der Waals surface area contributed by atoms with Crippen LogP contribution in [-0.2, 0) is 34.2 Å². The van der Waals surface area contributed by atoms with Gasteiger partial charge in [0.05, 0.1) is 22.0 Å². The highest BCUT2D eigenvalue weighted by Gasteiger charge is 2.21.